The van der Waals surface area contributed by atoms with E-state index in [4.69, 9.17) is 10.7 Å². The SMILES string of the molecule is Cc1cc(C(C=C(N)c2nccc[nH+]2)=NCC2=CC=CCC2F)c(C)s1. The number of nitrogens with zero attached hydrogens (tertiary/aromatic N) is 2. The molecule has 4 nitrogen and oxygen atoms in total. The Morgan fingerprint density at radius 3 is 3.00 bits per heavy atom. The van der Waals surface area contributed by atoms with Crippen LogP contribution < -0.4 is 10.7 Å². The van der Waals surface area contributed by atoms with Gasteiger partial charge in [0.2, 0.25) is 0 Å². The van der Waals surface area contributed by atoms with Crippen molar-refractivity contribution in [3.05, 3.63) is 75.5 Å². The molecule has 2 heterocycles. The lowest BCUT2D eigenvalue weighted by atomic mass is 10.0. The largest absolute Gasteiger partial charge is 0.392 e. The first-order valence-corrected chi connectivity index (χ1v) is 9.28. The monoisotopic (exact) mass is 369 g/mol. The third-order valence-corrected chi connectivity index (χ3v) is 5.08. The number of aromatic nitrogens is 2. The summed E-state index contributed by atoms with van der Waals surface area (Å²) in [6.45, 7) is 4.43. The molecule has 1 atom stereocenters. The minimum Gasteiger partial charge on any atom is -0.392 e. The topological polar surface area (TPSA) is 65.4 Å². The fourth-order valence-electron chi connectivity index (χ4n) is 2.77. The number of hydrogen-bond acceptors (Lipinski definition) is 4. The number of rotatable bonds is 5. The molecule has 0 radical (unpaired) electrons. The van der Waals surface area contributed by atoms with E-state index < -0.39 is 6.17 Å². The van der Waals surface area contributed by atoms with Crippen molar-refractivity contribution in [2.75, 3.05) is 6.54 Å². The molecule has 1 aliphatic rings. The third kappa shape index (κ3) is 4.32. The second-order valence-electron chi connectivity index (χ2n) is 6.13. The molecular formula is C20H22FN4S+. The lowest BCUT2D eigenvalue weighted by Gasteiger charge is -2.12. The molecule has 2 aromatic heterocycles. The van der Waals surface area contributed by atoms with Gasteiger partial charge in [-0.3, -0.25) is 4.99 Å². The molecule has 1 aliphatic carbocycles. The van der Waals surface area contributed by atoms with E-state index in [1.54, 1.807) is 41.9 Å². The number of H-pyrrole nitrogens is 1. The van der Waals surface area contributed by atoms with Gasteiger partial charge in [-0.1, -0.05) is 18.2 Å². The van der Waals surface area contributed by atoms with Crippen molar-refractivity contribution in [2.24, 2.45) is 10.7 Å². The van der Waals surface area contributed by atoms with Crippen LogP contribution in [0, 0.1) is 13.8 Å². The second-order valence-corrected chi connectivity index (χ2v) is 7.59. The van der Waals surface area contributed by atoms with Crippen LogP contribution in [0.1, 0.15) is 27.6 Å². The Kier molecular flexibility index (Phi) is 5.73. The number of thiophene rings is 1. The molecule has 6 heteroatoms. The first kappa shape index (κ1) is 18.2. The lowest BCUT2D eigenvalue weighted by molar-refractivity contribution is -0.386. The Balaban J connectivity index is 1.97. The Bertz CT molecular complexity index is 894. The van der Waals surface area contributed by atoms with Crippen molar-refractivity contribution in [2.45, 2.75) is 26.4 Å². The van der Waals surface area contributed by atoms with Crippen molar-refractivity contribution in [3.8, 4) is 0 Å². The van der Waals surface area contributed by atoms with Gasteiger partial charge in [0.15, 0.2) is 0 Å². The van der Waals surface area contributed by atoms with Crippen LogP contribution >= 0.6 is 11.3 Å². The highest BCUT2D eigenvalue weighted by Gasteiger charge is 2.16. The zero-order valence-electron chi connectivity index (χ0n) is 14.9. The minimum absolute atomic E-state index is 0.310. The Morgan fingerprint density at radius 2 is 2.35 bits per heavy atom. The number of allylic oxidation sites excluding steroid dienone is 4. The highest BCUT2D eigenvalue weighted by atomic mass is 32.1. The van der Waals surface area contributed by atoms with E-state index in [1.807, 2.05) is 12.2 Å². The number of hydrogen-bond donors (Lipinski definition) is 1. The minimum atomic E-state index is -0.972. The summed E-state index contributed by atoms with van der Waals surface area (Å²) in [6, 6.07) is 3.88. The van der Waals surface area contributed by atoms with Crippen LogP contribution in [-0.2, 0) is 0 Å². The quantitative estimate of drug-likeness (QED) is 0.819. The highest BCUT2D eigenvalue weighted by molar-refractivity contribution is 7.12. The van der Waals surface area contributed by atoms with Gasteiger partial charge in [-0.2, -0.15) is 0 Å². The van der Waals surface area contributed by atoms with Gasteiger partial charge in [-0.15, -0.1) is 11.3 Å². The number of aliphatic imine (C=N–C) groups is 1. The van der Waals surface area contributed by atoms with E-state index in [0.29, 0.717) is 30.1 Å². The van der Waals surface area contributed by atoms with Crippen LogP contribution in [-0.4, -0.2) is 23.4 Å². The summed E-state index contributed by atoms with van der Waals surface area (Å²) < 4.78 is 14.1. The number of halogens is 1. The molecule has 0 fully saturated rings. The maximum absolute atomic E-state index is 14.1. The summed E-state index contributed by atoms with van der Waals surface area (Å²) in [5.41, 5.74) is 9.15. The van der Waals surface area contributed by atoms with E-state index >= 15 is 0 Å². The molecule has 3 rings (SSSR count). The van der Waals surface area contributed by atoms with Gasteiger partial charge < -0.3 is 5.73 Å². The third-order valence-electron chi connectivity index (χ3n) is 4.11. The van der Waals surface area contributed by atoms with Crippen molar-refractivity contribution >= 4 is 22.7 Å². The van der Waals surface area contributed by atoms with Crippen molar-refractivity contribution < 1.29 is 9.37 Å². The fourth-order valence-corrected chi connectivity index (χ4v) is 3.70. The molecule has 134 valence electrons. The highest BCUT2D eigenvalue weighted by Crippen LogP contribution is 2.23. The first-order valence-electron chi connectivity index (χ1n) is 8.46. The molecule has 0 saturated heterocycles. The van der Waals surface area contributed by atoms with Crippen molar-refractivity contribution in [3.63, 3.8) is 0 Å². The Hall–Kier alpha value is -2.60. The molecule has 0 aromatic carbocycles. The standard InChI is InChI=1S/C20H21FN4S/c1-13-10-16(14(2)26-13)19(11-18(22)20-23-8-5-9-24-20)25-12-15-6-3-4-7-17(15)21/h3-6,8-11,17H,7,12,22H2,1-2H3/p+1. The van der Waals surface area contributed by atoms with Crippen LogP contribution in [0.3, 0.4) is 0 Å². The zero-order valence-corrected chi connectivity index (χ0v) is 15.7. The van der Waals surface area contributed by atoms with Crippen molar-refractivity contribution in [1.82, 2.24) is 4.98 Å². The summed E-state index contributed by atoms with van der Waals surface area (Å²) in [5.74, 6) is 0.577. The van der Waals surface area contributed by atoms with Crippen LogP contribution in [0.2, 0.25) is 0 Å². The van der Waals surface area contributed by atoms with E-state index in [-0.39, 0.29) is 0 Å². The molecule has 0 amide bonds. The molecule has 0 spiro atoms. The fraction of sp³-hybridized carbons (Fsp3) is 0.250. The number of alkyl halides is 1. The van der Waals surface area contributed by atoms with Gasteiger partial charge in [0, 0.05) is 27.8 Å². The maximum Gasteiger partial charge on any atom is 0.343 e. The normalized spacial score (nSPS) is 18.1. The molecule has 0 bridgehead atoms. The predicted octanol–water partition coefficient (Wildman–Crippen LogP) is 3.59. The van der Waals surface area contributed by atoms with Gasteiger partial charge in [0.05, 0.1) is 18.5 Å². The van der Waals surface area contributed by atoms with Gasteiger partial charge >= 0.3 is 5.82 Å². The number of nitrogens with one attached hydrogen (secondary N) is 1. The van der Waals surface area contributed by atoms with Gasteiger partial charge in [0.25, 0.3) is 0 Å². The van der Waals surface area contributed by atoms with Gasteiger partial charge in [-0.25, -0.2) is 9.37 Å². The Morgan fingerprint density at radius 1 is 1.50 bits per heavy atom. The van der Waals surface area contributed by atoms with Gasteiger partial charge in [0.1, 0.15) is 18.1 Å². The molecule has 2 aromatic rings. The molecule has 26 heavy (non-hydrogen) atoms. The number of aryl methyl sites for hydroxylation is 2. The van der Waals surface area contributed by atoms with Crippen LogP contribution in [0.25, 0.3) is 5.70 Å². The maximum atomic E-state index is 14.1. The Labute approximate surface area is 156 Å². The molecule has 3 N–H and O–H groups in total. The lowest BCUT2D eigenvalue weighted by Crippen LogP contribution is -2.17. The van der Waals surface area contributed by atoms with E-state index in [2.05, 4.69) is 29.9 Å². The number of nitrogens with two attached hydrogens (primary N) is 1. The smallest absolute Gasteiger partial charge is 0.343 e. The van der Waals surface area contributed by atoms with E-state index in [9.17, 15) is 4.39 Å². The summed E-state index contributed by atoms with van der Waals surface area (Å²) >= 11 is 1.71. The summed E-state index contributed by atoms with van der Waals surface area (Å²) in [4.78, 5) is 14.3. The average molecular weight is 369 g/mol. The zero-order chi connectivity index (χ0) is 18.5. The summed E-state index contributed by atoms with van der Waals surface area (Å²) in [6.07, 6.45) is 10.2. The molecule has 1 unspecified atom stereocenters. The number of aromatic amines is 1. The second kappa shape index (κ2) is 8.19. The van der Waals surface area contributed by atoms with Gasteiger partial charge in [-0.05, 0) is 36.5 Å². The first-order chi connectivity index (χ1) is 12.5. The molecular weight excluding hydrogens is 347 g/mol. The van der Waals surface area contributed by atoms with Crippen LogP contribution in [0.5, 0.6) is 0 Å². The van der Waals surface area contributed by atoms with E-state index in [1.165, 1.54) is 4.88 Å². The average Bonchev–Trinajstić information content (AvgIpc) is 2.98. The summed E-state index contributed by atoms with van der Waals surface area (Å²) in [5, 5.41) is 0. The molecule has 0 aliphatic heterocycles. The predicted molar refractivity (Wildman–Crippen MR) is 105 cm³/mol. The van der Waals surface area contributed by atoms with Crippen LogP contribution in [0.15, 0.2) is 59.4 Å². The molecule has 0 saturated carbocycles. The van der Waals surface area contributed by atoms with Crippen molar-refractivity contribution in [1.29, 1.82) is 0 Å². The summed E-state index contributed by atoms with van der Waals surface area (Å²) in [7, 11) is 0. The van der Waals surface area contributed by atoms with E-state index in [0.717, 1.165) is 16.2 Å². The van der Waals surface area contributed by atoms with Crippen LogP contribution in [0.4, 0.5) is 4.39 Å².